The van der Waals surface area contributed by atoms with Gasteiger partial charge in [-0.2, -0.15) is 0 Å². The van der Waals surface area contributed by atoms with Gasteiger partial charge in [-0.05, 0) is 31.0 Å². The van der Waals surface area contributed by atoms with Gasteiger partial charge in [-0.15, -0.1) is 0 Å². The molecule has 108 valence electrons. The minimum absolute atomic E-state index is 0.0210. The molecule has 6 heteroatoms. The maximum Gasteiger partial charge on any atom is 0.229 e. The molecule has 1 aromatic rings. The standard InChI is InChI=1S/C14H16ClFN2O2/c1-9(19)18-6-2-3-10(8-18)14(20)17-11-4-5-13(16)12(15)7-11/h4-5,7,10H,2-3,6,8H2,1H3,(H,17,20). The van der Waals surface area contributed by atoms with Crippen LogP contribution in [0.4, 0.5) is 10.1 Å². The summed E-state index contributed by atoms with van der Waals surface area (Å²) >= 11 is 5.67. The number of piperidine rings is 1. The zero-order valence-electron chi connectivity index (χ0n) is 11.2. The van der Waals surface area contributed by atoms with Crippen molar-refractivity contribution in [2.75, 3.05) is 18.4 Å². The van der Waals surface area contributed by atoms with Crippen molar-refractivity contribution in [2.24, 2.45) is 5.92 Å². The minimum atomic E-state index is -0.523. The Labute approximate surface area is 121 Å². The van der Waals surface area contributed by atoms with Gasteiger partial charge in [-0.1, -0.05) is 11.6 Å². The fourth-order valence-electron chi connectivity index (χ4n) is 2.30. The van der Waals surface area contributed by atoms with E-state index < -0.39 is 5.82 Å². The second-order valence-electron chi connectivity index (χ2n) is 4.92. The van der Waals surface area contributed by atoms with Gasteiger partial charge in [0.15, 0.2) is 0 Å². The van der Waals surface area contributed by atoms with E-state index in [9.17, 15) is 14.0 Å². The van der Waals surface area contributed by atoms with E-state index in [0.717, 1.165) is 12.8 Å². The minimum Gasteiger partial charge on any atom is -0.342 e. The predicted molar refractivity (Wildman–Crippen MR) is 75.0 cm³/mol. The van der Waals surface area contributed by atoms with E-state index in [1.165, 1.54) is 25.1 Å². The number of benzene rings is 1. The van der Waals surface area contributed by atoms with Gasteiger partial charge in [0.05, 0.1) is 10.9 Å². The topological polar surface area (TPSA) is 49.4 Å². The summed E-state index contributed by atoms with van der Waals surface area (Å²) < 4.78 is 13.0. The van der Waals surface area contributed by atoms with Gasteiger partial charge in [-0.3, -0.25) is 9.59 Å². The molecular formula is C14H16ClFN2O2. The van der Waals surface area contributed by atoms with Crippen LogP contribution in [-0.2, 0) is 9.59 Å². The van der Waals surface area contributed by atoms with Crippen LogP contribution in [0.3, 0.4) is 0 Å². The second kappa shape index (κ2) is 6.22. The SMILES string of the molecule is CC(=O)N1CCCC(C(=O)Nc2ccc(F)c(Cl)c2)C1. The first kappa shape index (κ1) is 14.8. The molecule has 0 aromatic heterocycles. The fraction of sp³-hybridized carbons (Fsp3) is 0.429. The number of anilines is 1. The molecule has 4 nitrogen and oxygen atoms in total. The smallest absolute Gasteiger partial charge is 0.229 e. The molecular weight excluding hydrogens is 283 g/mol. The van der Waals surface area contributed by atoms with Gasteiger partial charge in [0.25, 0.3) is 0 Å². The summed E-state index contributed by atoms with van der Waals surface area (Å²) in [6, 6.07) is 4.05. The number of hydrogen-bond acceptors (Lipinski definition) is 2. The maximum atomic E-state index is 13.0. The number of hydrogen-bond donors (Lipinski definition) is 1. The summed E-state index contributed by atoms with van der Waals surface area (Å²) in [4.78, 5) is 25.2. The van der Waals surface area contributed by atoms with Crippen molar-refractivity contribution in [3.63, 3.8) is 0 Å². The van der Waals surface area contributed by atoms with Gasteiger partial charge >= 0.3 is 0 Å². The molecule has 2 amide bonds. The highest BCUT2D eigenvalue weighted by atomic mass is 35.5. The van der Waals surface area contributed by atoms with Crippen molar-refractivity contribution in [3.05, 3.63) is 29.0 Å². The number of carbonyl (C=O) groups is 2. The number of rotatable bonds is 2. The van der Waals surface area contributed by atoms with Crippen molar-refractivity contribution in [2.45, 2.75) is 19.8 Å². The molecule has 0 saturated carbocycles. The Bertz CT molecular complexity index is 536. The molecule has 20 heavy (non-hydrogen) atoms. The van der Waals surface area contributed by atoms with Gasteiger partial charge in [-0.25, -0.2) is 4.39 Å². The van der Waals surface area contributed by atoms with Gasteiger partial charge in [0.2, 0.25) is 11.8 Å². The van der Waals surface area contributed by atoms with Crippen LogP contribution in [-0.4, -0.2) is 29.8 Å². The lowest BCUT2D eigenvalue weighted by molar-refractivity contribution is -0.132. The Hall–Kier alpha value is -1.62. The van der Waals surface area contributed by atoms with Crippen LogP contribution in [0.25, 0.3) is 0 Å². The Morgan fingerprint density at radius 2 is 2.20 bits per heavy atom. The monoisotopic (exact) mass is 298 g/mol. The van der Waals surface area contributed by atoms with Crippen molar-refractivity contribution < 1.29 is 14.0 Å². The molecule has 0 spiro atoms. The lowest BCUT2D eigenvalue weighted by atomic mass is 9.97. The number of carbonyl (C=O) groups excluding carboxylic acids is 2. The molecule has 1 N–H and O–H groups in total. The molecule has 1 heterocycles. The average Bonchev–Trinajstić information content (AvgIpc) is 2.43. The summed E-state index contributed by atoms with van der Waals surface area (Å²) in [5, 5.41) is 2.68. The van der Waals surface area contributed by atoms with Crippen LogP contribution in [0.15, 0.2) is 18.2 Å². The molecule has 1 atom stereocenters. The van der Waals surface area contributed by atoms with Crippen LogP contribution < -0.4 is 5.32 Å². The fourth-order valence-corrected chi connectivity index (χ4v) is 2.48. The number of likely N-dealkylation sites (tertiary alicyclic amines) is 1. The molecule has 1 aromatic carbocycles. The molecule has 1 fully saturated rings. The van der Waals surface area contributed by atoms with Crippen LogP contribution in [0.2, 0.25) is 5.02 Å². The first-order valence-corrected chi connectivity index (χ1v) is 6.86. The molecule has 1 aliphatic heterocycles. The molecule has 0 aliphatic carbocycles. The van der Waals surface area contributed by atoms with E-state index in [1.807, 2.05) is 0 Å². The highest BCUT2D eigenvalue weighted by Crippen LogP contribution is 2.22. The quantitative estimate of drug-likeness (QED) is 0.912. The Kier molecular flexibility index (Phi) is 4.60. The summed E-state index contributed by atoms with van der Waals surface area (Å²) in [6.07, 6.45) is 1.55. The molecule has 1 unspecified atom stereocenters. The lowest BCUT2D eigenvalue weighted by Gasteiger charge is -2.31. The van der Waals surface area contributed by atoms with E-state index in [1.54, 1.807) is 4.90 Å². The molecule has 1 aliphatic rings. The Balaban J connectivity index is 2.00. The maximum absolute atomic E-state index is 13.0. The van der Waals surface area contributed by atoms with Gasteiger partial charge in [0, 0.05) is 25.7 Å². The number of halogens is 2. The lowest BCUT2D eigenvalue weighted by Crippen LogP contribution is -2.42. The first-order chi connectivity index (χ1) is 9.47. The van der Waals surface area contributed by atoms with Crippen molar-refractivity contribution in [1.29, 1.82) is 0 Å². The van der Waals surface area contributed by atoms with E-state index in [2.05, 4.69) is 5.32 Å². The van der Waals surface area contributed by atoms with E-state index >= 15 is 0 Å². The third-order valence-corrected chi connectivity index (χ3v) is 3.71. The summed E-state index contributed by atoms with van der Waals surface area (Å²) in [6.45, 7) is 2.62. The first-order valence-electron chi connectivity index (χ1n) is 6.49. The molecule has 0 radical (unpaired) electrons. The third kappa shape index (κ3) is 3.48. The van der Waals surface area contributed by atoms with Crippen molar-refractivity contribution in [3.8, 4) is 0 Å². The number of nitrogens with one attached hydrogen (secondary N) is 1. The predicted octanol–water partition coefficient (Wildman–Crippen LogP) is 2.68. The zero-order chi connectivity index (χ0) is 14.7. The highest BCUT2D eigenvalue weighted by molar-refractivity contribution is 6.31. The Morgan fingerprint density at radius 1 is 1.45 bits per heavy atom. The van der Waals surface area contributed by atoms with Gasteiger partial charge in [0.1, 0.15) is 5.82 Å². The van der Waals surface area contributed by atoms with Gasteiger partial charge < -0.3 is 10.2 Å². The summed E-state index contributed by atoms with van der Waals surface area (Å²) in [7, 11) is 0. The molecule has 0 bridgehead atoms. The van der Waals surface area contributed by atoms with Crippen LogP contribution in [0, 0.1) is 11.7 Å². The van der Waals surface area contributed by atoms with E-state index in [4.69, 9.17) is 11.6 Å². The Morgan fingerprint density at radius 3 is 2.85 bits per heavy atom. The zero-order valence-corrected chi connectivity index (χ0v) is 11.9. The normalized spacial score (nSPS) is 18.8. The second-order valence-corrected chi connectivity index (χ2v) is 5.33. The van der Waals surface area contributed by atoms with Crippen LogP contribution in [0.5, 0.6) is 0 Å². The number of amides is 2. The van der Waals surface area contributed by atoms with E-state index in [0.29, 0.717) is 18.8 Å². The third-order valence-electron chi connectivity index (χ3n) is 3.42. The van der Waals surface area contributed by atoms with Crippen molar-refractivity contribution >= 4 is 29.1 Å². The largest absolute Gasteiger partial charge is 0.342 e. The van der Waals surface area contributed by atoms with Crippen molar-refractivity contribution in [1.82, 2.24) is 4.90 Å². The molecule has 2 rings (SSSR count). The average molecular weight is 299 g/mol. The highest BCUT2D eigenvalue weighted by Gasteiger charge is 2.27. The van der Waals surface area contributed by atoms with Crippen LogP contribution in [0.1, 0.15) is 19.8 Å². The summed E-state index contributed by atoms with van der Waals surface area (Å²) in [5.74, 6) is -0.951. The van der Waals surface area contributed by atoms with E-state index in [-0.39, 0.29) is 22.8 Å². The van der Waals surface area contributed by atoms with Crippen LogP contribution >= 0.6 is 11.6 Å². The number of nitrogens with zero attached hydrogens (tertiary/aromatic N) is 1. The summed E-state index contributed by atoms with van der Waals surface area (Å²) in [5.41, 5.74) is 0.460. The molecule has 1 saturated heterocycles.